The number of aromatic nitrogens is 4. The highest BCUT2D eigenvalue weighted by Gasteiger charge is 2.34. The van der Waals surface area contributed by atoms with E-state index in [9.17, 15) is 13.2 Å². The number of aryl methyl sites for hydroxylation is 3. The first-order chi connectivity index (χ1) is 36.5. The molecule has 0 bridgehead atoms. The molecule has 0 unspecified atom stereocenters. The first kappa shape index (κ1) is 45.5. The lowest BCUT2D eigenvalue weighted by Crippen LogP contribution is -2.07. The summed E-state index contributed by atoms with van der Waals surface area (Å²) in [5, 5.41) is 4.10. The molecule has 4 nitrogen and oxygen atoms in total. The Kier molecular flexibility index (Phi) is 10.9. The molecule has 0 aliphatic rings. The Morgan fingerprint density at radius 3 is 1.48 bits per heavy atom. The lowest BCUT2D eigenvalue weighted by molar-refractivity contribution is -0.137. The summed E-state index contributed by atoms with van der Waals surface area (Å²) in [6.07, 6.45) is -4.52. The smallest absolute Gasteiger partial charge is 0.309 e. The molecule has 10 aromatic carbocycles. The van der Waals surface area contributed by atoms with Crippen molar-refractivity contribution in [1.82, 2.24) is 19.1 Å². The molecule has 13 rings (SSSR count). The predicted octanol–water partition coefficient (Wildman–Crippen LogP) is 18.6. The van der Waals surface area contributed by atoms with Crippen LogP contribution in [0.3, 0.4) is 0 Å². The first-order valence-corrected chi connectivity index (χ1v) is 25.1. The molecule has 13 aromatic rings. The van der Waals surface area contributed by atoms with Crippen LogP contribution in [-0.2, 0) is 6.18 Å². The van der Waals surface area contributed by atoms with E-state index in [1.807, 2.05) is 78.9 Å². The Bertz CT molecular complexity index is 4320. The van der Waals surface area contributed by atoms with Crippen molar-refractivity contribution in [3.05, 3.63) is 253 Å². The van der Waals surface area contributed by atoms with E-state index in [2.05, 4.69) is 156 Å². The second-order valence-electron chi connectivity index (χ2n) is 19.5. The first-order valence-electron chi connectivity index (χ1n) is 25.1. The zero-order valence-electron chi connectivity index (χ0n) is 41.4. The van der Waals surface area contributed by atoms with Crippen molar-refractivity contribution in [3.8, 4) is 78.7 Å². The van der Waals surface area contributed by atoms with Crippen LogP contribution < -0.4 is 0 Å². The van der Waals surface area contributed by atoms with E-state index in [1.165, 1.54) is 33.7 Å². The number of hydrogen-bond donors (Lipinski definition) is 0. The molecule has 0 fully saturated rings. The maximum atomic E-state index is 14.6. The molecule has 3 heterocycles. The Labute approximate surface area is 432 Å². The maximum absolute atomic E-state index is 14.6. The van der Waals surface area contributed by atoms with Gasteiger partial charge in [-0.1, -0.05) is 163 Å². The summed E-state index contributed by atoms with van der Waals surface area (Å²) in [5.41, 5.74) is 17.5. The Balaban J connectivity index is 1.04. The van der Waals surface area contributed by atoms with Gasteiger partial charge in [0.1, 0.15) is 0 Å². The van der Waals surface area contributed by atoms with Gasteiger partial charge in [-0.3, -0.25) is 0 Å². The topological polar surface area (TPSA) is 35.6 Å². The van der Waals surface area contributed by atoms with Gasteiger partial charge in [0, 0.05) is 49.5 Å². The van der Waals surface area contributed by atoms with Gasteiger partial charge in [0.25, 0.3) is 0 Å². The lowest BCUT2D eigenvalue weighted by atomic mass is 9.96. The van der Waals surface area contributed by atoms with Crippen LogP contribution in [0.5, 0.6) is 0 Å². The second-order valence-corrected chi connectivity index (χ2v) is 19.5. The molecule has 0 amide bonds. The molecular formula is C68H47F3N4. The molecule has 360 valence electrons. The second kappa shape index (κ2) is 18.0. The lowest BCUT2D eigenvalue weighted by Gasteiger charge is -2.18. The fourth-order valence-corrected chi connectivity index (χ4v) is 11.1. The number of fused-ring (bicyclic) bond motifs is 6. The number of hydrogen-bond acceptors (Lipinski definition) is 2. The van der Waals surface area contributed by atoms with Crippen molar-refractivity contribution in [2.45, 2.75) is 26.9 Å². The molecule has 0 radical (unpaired) electrons. The van der Waals surface area contributed by atoms with Crippen molar-refractivity contribution < 1.29 is 13.2 Å². The number of benzene rings is 10. The van der Waals surface area contributed by atoms with Crippen LogP contribution >= 0.6 is 0 Å². The average molecular weight is 977 g/mol. The molecule has 0 aliphatic carbocycles. The molecule has 0 aliphatic heterocycles. The number of nitrogens with zero attached hydrogens (tertiary/aromatic N) is 4. The van der Waals surface area contributed by atoms with Gasteiger partial charge in [-0.05, 0) is 133 Å². The summed E-state index contributed by atoms with van der Waals surface area (Å²) in [5.74, 6) is 0.576. The zero-order valence-corrected chi connectivity index (χ0v) is 41.4. The Morgan fingerprint density at radius 1 is 0.347 bits per heavy atom. The van der Waals surface area contributed by atoms with Crippen molar-refractivity contribution in [2.75, 3.05) is 0 Å². The summed E-state index contributed by atoms with van der Waals surface area (Å²) < 4.78 is 48.5. The van der Waals surface area contributed by atoms with Gasteiger partial charge in [-0.2, -0.15) is 13.2 Å². The normalized spacial score (nSPS) is 11.9. The Morgan fingerprint density at radius 2 is 0.853 bits per heavy atom. The molecule has 0 saturated heterocycles. The van der Waals surface area contributed by atoms with Gasteiger partial charge in [0.15, 0.2) is 5.82 Å². The Hall–Kier alpha value is -9.33. The molecule has 75 heavy (non-hydrogen) atoms. The van der Waals surface area contributed by atoms with E-state index in [0.717, 1.165) is 88.8 Å². The van der Waals surface area contributed by atoms with Crippen LogP contribution in [0.2, 0.25) is 0 Å². The highest BCUT2D eigenvalue weighted by molar-refractivity contribution is 6.12. The minimum Gasteiger partial charge on any atom is -0.309 e. The summed E-state index contributed by atoms with van der Waals surface area (Å²) in [6, 6.07) is 77.9. The zero-order chi connectivity index (χ0) is 51.0. The number of para-hydroxylation sites is 2. The highest BCUT2D eigenvalue weighted by atomic mass is 19.4. The van der Waals surface area contributed by atoms with E-state index < -0.39 is 11.7 Å². The third-order valence-corrected chi connectivity index (χ3v) is 14.6. The maximum Gasteiger partial charge on any atom is 0.417 e. The molecule has 3 aromatic heterocycles. The quantitative estimate of drug-likeness (QED) is 0.152. The monoisotopic (exact) mass is 976 g/mol. The fraction of sp³-hybridized carbons (Fsp3) is 0.0588. The fourth-order valence-electron chi connectivity index (χ4n) is 11.1. The van der Waals surface area contributed by atoms with E-state index in [4.69, 9.17) is 9.97 Å². The van der Waals surface area contributed by atoms with Crippen LogP contribution in [0, 0.1) is 20.8 Å². The van der Waals surface area contributed by atoms with Crippen molar-refractivity contribution in [1.29, 1.82) is 0 Å². The van der Waals surface area contributed by atoms with Crippen molar-refractivity contribution in [3.63, 3.8) is 0 Å². The van der Waals surface area contributed by atoms with Gasteiger partial charge in [0.05, 0.1) is 44.7 Å². The van der Waals surface area contributed by atoms with Crippen LogP contribution in [-0.4, -0.2) is 19.1 Å². The molecule has 0 saturated carbocycles. The number of rotatable bonds is 8. The van der Waals surface area contributed by atoms with E-state index in [0.29, 0.717) is 17.0 Å². The molecule has 0 atom stereocenters. The minimum atomic E-state index is -4.52. The minimum absolute atomic E-state index is 0.146. The highest BCUT2D eigenvalue weighted by Crippen LogP contribution is 2.44. The van der Waals surface area contributed by atoms with Crippen LogP contribution in [0.15, 0.2) is 231 Å². The summed E-state index contributed by atoms with van der Waals surface area (Å²) >= 11 is 0. The molecule has 7 heteroatoms. The largest absolute Gasteiger partial charge is 0.417 e. The SMILES string of the molecule is Cc1ccc(-c2ccc3c(c2)c2ccccc2n3-c2cccc(-c3cc(-c4nc(-c5ccccc5)cc(-c5ccccc5)n4)ccc3-n3c4ccccc4c4cc(-c5ccc(C)cc5C(F)(F)F)ccc43)c2)c(C)c1. The van der Waals surface area contributed by atoms with Crippen LogP contribution in [0.25, 0.3) is 122 Å². The predicted molar refractivity (Wildman–Crippen MR) is 303 cm³/mol. The average Bonchev–Trinajstić information content (AvgIpc) is 3.97. The van der Waals surface area contributed by atoms with Gasteiger partial charge in [-0.25, -0.2) is 9.97 Å². The van der Waals surface area contributed by atoms with E-state index in [-0.39, 0.29) is 5.56 Å². The van der Waals surface area contributed by atoms with Crippen LogP contribution in [0.4, 0.5) is 13.2 Å². The van der Waals surface area contributed by atoms with Gasteiger partial charge in [-0.15, -0.1) is 0 Å². The van der Waals surface area contributed by atoms with E-state index in [1.54, 1.807) is 19.1 Å². The van der Waals surface area contributed by atoms with Crippen molar-refractivity contribution >= 4 is 43.6 Å². The van der Waals surface area contributed by atoms with Crippen LogP contribution in [0.1, 0.15) is 22.3 Å². The van der Waals surface area contributed by atoms with E-state index >= 15 is 0 Å². The van der Waals surface area contributed by atoms with Gasteiger partial charge >= 0.3 is 6.18 Å². The third kappa shape index (κ3) is 8.05. The van der Waals surface area contributed by atoms with Crippen molar-refractivity contribution in [2.24, 2.45) is 0 Å². The molecule has 0 spiro atoms. The number of halogens is 3. The van der Waals surface area contributed by atoms with Gasteiger partial charge < -0.3 is 9.13 Å². The summed E-state index contributed by atoms with van der Waals surface area (Å²) in [6.45, 7) is 5.99. The standard InChI is InChI=1S/C68H47F3N4/c1-42-25-30-52(44(3)35-42)48-27-32-65-57(38-48)54-21-10-12-23-62(54)74(65)51-20-14-19-47(37-51)56-40-50(67-72-60(45-15-6-4-7-16-45)41-61(73-67)46-17-8-5-9-18-46)29-34-64(56)75-63-24-13-11-22-55(63)58-39-49(28-33-66(58)75)53-31-26-43(2)36-59(53)68(69,70)71/h4-41H,1-3H3. The molecular weight excluding hydrogens is 930 g/mol. The number of alkyl halides is 3. The summed E-state index contributed by atoms with van der Waals surface area (Å²) in [7, 11) is 0. The third-order valence-electron chi connectivity index (χ3n) is 14.6. The summed E-state index contributed by atoms with van der Waals surface area (Å²) in [4.78, 5) is 10.5. The molecule has 0 N–H and O–H groups in total. The van der Waals surface area contributed by atoms with Gasteiger partial charge in [0.2, 0.25) is 0 Å².